The van der Waals surface area contributed by atoms with E-state index in [1.807, 2.05) is 55.8 Å². The lowest BCUT2D eigenvalue weighted by Crippen LogP contribution is -2.41. The molecule has 1 fully saturated rings. The first-order valence-corrected chi connectivity index (χ1v) is 13.2. The zero-order valence-corrected chi connectivity index (χ0v) is 20.8. The molecule has 1 aliphatic rings. The first-order chi connectivity index (χ1) is 16.3. The Morgan fingerprint density at radius 3 is 2.38 bits per heavy atom. The molecule has 1 atom stereocenters. The summed E-state index contributed by atoms with van der Waals surface area (Å²) < 4.78 is 29.4. The molecular formula is C26H32N4O3S. The number of rotatable bonds is 7. The minimum absolute atomic E-state index is 0.00322. The highest BCUT2D eigenvalue weighted by molar-refractivity contribution is 7.89. The van der Waals surface area contributed by atoms with Gasteiger partial charge in [0.2, 0.25) is 10.0 Å². The highest BCUT2D eigenvalue weighted by Gasteiger charge is 2.30. The summed E-state index contributed by atoms with van der Waals surface area (Å²) in [7, 11) is -3.54. The van der Waals surface area contributed by atoms with E-state index < -0.39 is 10.0 Å². The van der Waals surface area contributed by atoms with Crippen molar-refractivity contribution in [3.8, 4) is 5.69 Å². The van der Waals surface area contributed by atoms with Crippen molar-refractivity contribution in [1.82, 2.24) is 19.4 Å². The van der Waals surface area contributed by atoms with E-state index in [-0.39, 0.29) is 16.8 Å². The molecule has 1 aromatic heterocycles. The van der Waals surface area contributed by atoms with Gasteiger partial charge in [-0.2, -0.15) is 9.40 Å². The van der Waals surface area contributed by atoms with Crippen molar-refractivity contribution in [3.05, 3.63) is 77.1 Å². The second-order valence-electron chi connectivity index (χ2n) is 9.00. The summed E-state index contributed by atoms with van der Waals surface area (Å²) in [6.45, 7) is 6.99. The molecule has 0 saturated carbocycles. The van der Waals surface area contributed by atoms with Crippen molar-refractivity contribution in [1.29, 1.82) is 0 Å². The lowest BCUT2D eigenvalue weighted by atomic mass is 10.1. The summed E-state index contributed by atoms with van der Waals surface area (Å²) in [5, 5.41) is 7.42. The maximum Gasteiger partial charge on any atom is 0.251 e. The summed E-state index contributed by atoms with van der Waals surface area (Å²) in [6.07, 6.45) is 3.52. The van der Waals surface area contributed by atoms with Gasteiger partial charge >= 0.3 is 0 Å². The molecule has 2 aromatic carbocycles. The Bertz CT molecular complexity index is 1250. The molecule has 4 rings (SSSR count). The fourth-order valence-corrected chi connectivity index (χ4v) is 6.16. The fourth-order valence-electron chi connectivity index (χ4n) is 4.46. The van der Waals surface area contributed by atoms with Gasteiger partial charge in [-0.05, 0) is 88.1 Å². The molecule has 1 amide bonds. The molecule has 3 aromatic rings. The van der Waals surface area contributed by atoms with Crippen LogP contribution in [0.4, 0.5) is 0 Å². The van der Waals surface area contributed by atoms with Crippen LogP contribution < -0.4 is 5.32 Å². The minimum atomic E-state index is -3.54. The number of carbonyl (C=O) groups excluding carboxylic acids is 1. The molecule has 1 aliphatic heterocycles. The van der Waals surface area contributed by atoms with Crippen molar-refractivity contribution >= 4 is 15.9 Å². The van der Waals surface area contributed by atoms with E-state index in [1.54, 1.807) is 16.4 Å². The molecule has 0 aliphatic carbocycles. The number of benzene rings is 2. The van der Waals surface area contributed by atoms with Crippen LogP contribution in [-0.4, -0.2) is 47.5 Å². The average molecular weight is 481 g/mol. The predicted octanol–water partition coefficient (Wildman–Crippen LogP) is 4.02. The normalized spacial score (nSPS) is 17.0. The van der Waals surface area contributed by atoms with Gasteiger partial charge in [-0.1, -0.05) is 18.6 Å². The van der Waals surface area contributed by atoms with Crippen LogP contribution >= 0.6 is 0 Å². The SMILES string of the molecule is Cc1cc(C)n(-c2ccc(CCNC(=O)c3ccc(S(=O)(=O)N4CCCCC4C)cc3)cc2)n1. The van der Waals surface area contributed by atoms with Gasteiger partial charge < -0.3 is 5.32 Å². The second kappa shape index (κ2) is 10.1. The summed E-state index contributed by atoms with van der Waals surface area (Å²) in [6, 6.07) is 16.4. The maximum atomic E-state index is 13.0. The molecule has 2 heterocycles. The van der Waals surface area contributed by atoms with E-state index in [0.717, 1.165) is 41.9 Å². The average Bonchev–Trinajstić information content (AvgIpc) is 3.17. The summed E-state index contributed by atoms with van der Waals surface area (Å²) in [5.41, 5.74) is 4.64. The van der Waals surface area contributed by atoms with Crippen LogP contribution in [0.25, 0.3) is 5.69 Å². The van der Waals surface area contributed by atoms with E-state index in [0.29, 0.717) is 25.1 Å². The number of piperidine rings is 1. The Kier molecular flexibility index (Phi) is 7.19. The highest BCUT2D eigenvalue weighted by Crippen LogP contribution is 2.25. The number of nitrogens with one attached hydrogen (secondary N) is 1. The van der Waals surface area contributed by atoms with Crippen LogP contribution in [0.5, 0.6) is 0 Å². The summed E-state index contributed by atoms with van der Waals surface area (Å²) in [4.78, 5) is 12.8. The van der Waals surface area contributed by atoms with Gasteiger partial charge in [0.05, 0.1) is 16.3 Å². The number of carbonyl (C=O) groups is 1. The van der Waals surface area contributed by atoms with Crippen LogP contribution in [0.3, 0.4) is 0 Å². The molecule has 0 spiro atoms. The third kappa shape index (κ3) is 5.23. The third-order valence-corrected chi connectivity index (χ3v) is 8.38. The Balaban J connectivity index is 1.32. The van der Waals surface area contributed by atoms with Gasteiger partial charge in [-0.15, -0.1) is 0 Å². The molecule has 7 nitrogen and oxygen atoms in total. The number of sulfonamides is 1. The van der Waals surface area contributed by atoms with E-state index in [1.165, 1.54) is 12.1 Å². The number of hydrogen-bond acceptors (Lipinski definition) is 4. The first-order valence-electron chi connectivity index (χ1n) is 11.8. The molecular weight excluding hydrogens is 448 g/mol. The third-order valence-electron chi connectivity index (χ3n) is 6.35. The topological polar surface area (TPSA) is 84.3 Å². The molecule has 34 heavy (non-hydrogen) atoms. The minimum Gasteiger partial charge on any atom is -0.352 e. The van der Waals surface area contributed by atoms with Crippen LogP contribution in [0.15, 0.2) is 59.5 Å². The van der Waals surface area contributed by atoms with Crippen molar-refractivity contribution < 1.29 is 13.2 Å². The van der Waals surface area contributed by atoms with E-state index in [4.69, 9.17) is 0 Å². The molecule has 0 radical (unpaired) electrons. The molecule has 8 heteroatoms. The summed E-state index contributed by atoms with van der Waals surface area (Å²) >= 11 is 0. The van der Waals surface area contributed by atoms with Crippen molar-refractivity contribution in [2.45, 2.75) is 57.4 Å². The van der Waals surface area contributed by atoms with Crippen molar-refractivity contribution in [3.63, 3.8) is 0 Å². The second-order valence-corrected chi connectivity index (χ2v) is 10.9. The van der Waals surface area contributed by atoms with Crippen molar-refractivity contribution in [2.24, 2.45) is 0 Å². The zero-order chi connectivity index (χ0) is 24.3. The Hall–Kier alpha value is -2.97. The lowest BCUT2D eigenvalue weighted by molar-refractivity contribution is 0.0954. The lowest BCUT2D eigenvalue weighted by Gasteiger charge is -2.32. The fraction of sp³-hybridized carbons (Fsp3) is 0.385. The number of hydrogen-bond donors (Lipinski definition) is 1. The maximum absolute atomic E-state index is 13.0. The number of amides is 1. The van der Waals surface area contributed by atoms with Crippen LogP contribution in [-0.2, 0) is 16.4 Å². The Labute approximate surface area is 201 Å². The van der Waals surface area contributed by atoms with E-state index in [9.17, 15) is 13.2 Å². The van der Waals surface area contributed by atoms with E-state index >= 15 is 0 Å². The monoisotopic (exact) mass is 480 g/mol. The molecule has 0 bridgehead atoms. The smallest absolute Gasteiger partial charge is 0.251 e. The summed E-state index contributed by atoms with van der Waals surface area (Å²) in [5.74, 6) is -0.213. The quantitative estimate of drug-likeness (QED) is 0.554. The van der Waals surface area contributed by atoms with Gasteiger partial charge in [0.25, 0.3) is 5.91 Å². The Morgan fingerprint density at radius 1 is 1.06 bits per heavy atom. The van der Waals surface area contributed by atoms with Crippen LogP contribution in [0, 0.1) is 13.8 Å². The largest absolute Gasteiger partial charge is 0.352 e. The van der Waals surface area contributed by atoms with E-state index in [2.05, 4.69) is 10.4 Å². The highest BCUT2D eigenvalue weighted by atomic mass is 32.2. The molecule has 1 saturated heterocycles. The molecule has 180 valence electrons. The zero-order valence-electron chi connectivity index (χ0n) is 20.0. The van der Waals surface area contributed by atoms with Crippen molar-refractivity contribution in [2.75, 3.05) is 13.1 Å². The number of aromatic nitrogens is 2. The van der Waals surface area contributed by atoms with Gasteiger partial charge in [-0.3, -0.25) is 4.79 Å². The first kappa shape index (κ1) is 24.2. The van der Waals surface area contributed by atoms with Gasteiger partial charge in [0.1, 0.15) is 0 Å². The van der Waals surface area contributed by atoms with Gasteiger partial charge in [-0.25, -0.2) is 13.1 Å². The van der Waals surface area contributed by atoms with Gasteiger partial charge in [0, 0.05) is 30.4 Å². The van der Waals surface area contributed by atoms with Crippen LogP contribution in [0.1, 0.15) is 53.5 Å². The molecule has 1 unspecified atom stereocenters. The predicted molar refractivity (Wildman–Crippen MR) is 133 cm³/mol. The standard InChI is InChI=1S/C26H32N4O3S/c1-19-18-21(3)30(28-19)24-11-7-22(8-12-24)15-16-27-26(31)23-9-13-25(14-10-23)34(32,33)29-17-5-4-6-20(29)2/h7-14,18,20H,4-6,15-17H2,1-3H3,(H,27,31). The van der Waals surface area contributed by atoms with Gasteiger partial charge in [0.15, 0.2) is 0 Å². The Morgan fingerprint density at radius 2 is 1.76 bits per heavy atom. The number of nitrogens with zero attached hydrogens (tertiary/aromatic N) is 3. The van der Waals surface area contributed by atoms with Crippen LogP contribution in [0.2, 0.25) is 0 Å². The molecule has 1 N–H and O–H groups in total. The number of aryl methyl sites for hydroxylation is 2.